The predicted octanol–water partition coefficient (Wildman–Crippen LogP) is 1.57. The Hall–Kier alpha value is -0.830. The van der Waals surface area contributed by atoms with Crippen LogP contribution < -0.4 is 5.73 Å². The third kappa shape index (κ3) is 3.59. The lowest BCUT2D eigenvalue weighted by molar-refractivity contribution is 0.570. The van der Waals surface area contributed by atoms with E-state index in [1.807, 2.05) is 13.3 Å². The normalized spacial score (nSPS) is 13.2. The quantitative estimate of drug-likeness (QED) is 0.749. The summed E-state index contributed by atoms with van der Waals surface area (Å²) in [6, 6.07) is 0.275. The molecular weight excluding hydrogens is 162 g/mol. The van der Waals surface area contributed by atoms with Crippen LogP contribution in [0.2, 0.25) is 0 Å². The maximum atomic E-state index is 5.67. The number of rotatable bonds is 5. The zero-order valence-corrected chi connectivity index (χ0v) is 8.53. The maximum Gasteiger partial charge on any atom is 0.0949 e. The van der Waals surface area contributed by atoms with E-state index in [1.54, 1.807) is 0 Å². The van der Waals surface area contributed by atoms with Crippen molar-refractivity contribution in [3.05, 3.63) is 18.2 Å². The molecule has 1 unspecified atom stereocenters. The molecule has 0 aliphatic rings. The fourth-order valence-corrected chi connectivity index (χ4v) is 1.27. The lowest BCUT2D eigenvalue weighted by Gasteiger charge is -2.04. The number of nitrogens with two attached hydrogens (primary N) is 1. The van der Waals surface area contributed by atoms with E-state index in [2.05, 4.69) is 22.7 Å². The Balaban J connectivity index is 2.39. The lowest BCUT2D eigenvalue weighted by Crippen LogP contribution is -2.16. The summed E-state index contributed by atoms with van der Waals surface area (Å²) in [6.45, 7) is 5.18. The molecule has 3 nitrogen and oxygen atoms in total. The van der Waals surface area contributed by atoms with Gasteiger partial charge in [-0.15, -0.1) is 0 Å². The highest BCUT2D eigenvalue weighted by Gasteiger charge is 1.98. The van der Waals surface area contributed by atoms with Gasteiger partial charge in [0.05, 0.1) is 12.0 Å². The van der Waals surface area contributed by atoms with Gasteiger partial charge >= 0.3 is 0 Å². The Kier molecular flexibility index (Phi) is 3.96. The minimum absolute atomic E-state index is 0.275. The van der Waals surface area contributed by atoms with Crippen molar-refractivity contribution in [1.29, 1.82) is 0 Å². The maximum absolute atomic E-state index is 5.67. The van der Waals surface area contributed by atoms with Crippen LogP contribution >= 0.6 is 0 Å². The summed E-state index contributed by atoms with van der Waals surface area (Å²) in [5.41, 5.74) is 6.86. The SMILES string of the molecule is CCCc1cn(CCC(C)N)cn1. The van der Waals surface area contributed by atoms with Gasteiger partial charge in [0.2, 0.25) is 0 Å². The van der Waals surface area contributed by atoms with E-state index in [-0.39, 0.29) is 6.04 Å². The molecule has 1 atom stereocenters. The molecular formula is C10H19N3. The summed E-state index contributed by atoms with van der Waals surface area (Å²) in [7, 11) is 0. The van der Waals surface area contributed by atoms with Crippen LogP contribution in [0.1, 0.15) is 32.4 Å². The van der Waals surface area contributed by atoms with Gasteiger partial charge in [-0.05, 0) is 19.8 Å². The van der Waals surface area contributed by atoms with Gasteiger partial charge in [-0.1, -0.05) is 13.3 Å². The minimum Gasteiger partial charge on any atom is -0.337 e. The summed E-state index contributed by atoms with van der Waals surface area (Å²) in [5, 5.41) is 0. The Bertz CT molecular complexity index is 240. The van der Waals surface area contributed by atoms with E-state index in [0.29, 0.717) is 0 Å². The molecule has 0 bridgehead atoms. The van der Waals surface area contributed by atoms with Crippen LogP contribution in [-0.4, -0.2) is 15.6 Å². The monoisotopic (exact) mass is 181 g/mol. The number of nitrogens with zero attached hydrogens (tertiary/aromatic N) is 2. The second-order valence-corrected chi connectivity index (χ2v) is 3.62. The van der Waals surface area contributed by atoms with Crippen molar-refractivity contribution in [3.63, 3.8) is 0 Å². The zero-order valence-electron chi connectivity index (χ0n) is 8.53. The van der Waals surface area contributed by atoms with Crippen molar-refractivity contribution in [2.45, 2.75) is 45.7 Å². The molecule has 0 aliphatic carbocycles. The van der Waals surface area contributed by atoms with Gasteiger partial charge < -0.3 is 10.3 Å². The van der Waals surface area contributed by atoms with Crippen molar-refractivity contribution in [2.75, 3.05) is 0 Å². The first-order valence-corrected chi connectivity index (χ1v) is 4.98. The van der Waals surface area contributed by atoms with Crippen LogP contribution in [0.3, 0.4) is 0 Å². The molecule has 0 amide bonds. The first kappa shape index (κ1) is 10.3. The van der Waals surface area contributed by atoms with Crippen LogP contribution in [0, 0.1) is 0 Å². The summed E-state index contributed by atoms with van der Waals surface area (Å²) in [6.07, 6.45) is 7.26. The Morgan fingerprint density at radius 2 is 2.38 bits per heavy atom. The Morgan fingerprint density at radius 1 is 1.62 bits per heavy atom. The van der Waals surface area contributed by atoms with Gasteiger partial charge in [-0.25, -0.2) is 4.98 Å². The average Bonchev–Trinajstić information content (AvgIpc) is 2.50. The van der Waals surface area contributed by atoms with Crippen molar-refractivity contribution in [3.8, 4) is 0 Å². The van der Waals surface area contributed by atoms with Gasteiger partial charge in [0.15, 0.2) is 0 Å². The smallest absolute Gasteiger partial charge is 0.0949 e. The highest BCUT2D eigenvalue weighted by Crippen LogP contribution is 2.01. The van der Waals surface area contributed by atoms with E-state index in [9.17, 15) is 0 Å². The van der Waals surface area contributed by atoms with Crippen LogP contribution in [0.5, 0.6) is 0 Å². The van der Waals surface area contributed by atoms with Crippen molar-refractivity contribution in [1.82, 2.24) is 9.55 Å². The van der Waals surface area contributed by atoms with E-state index in [1.165, 1.54) is 5.69 Å². The Labute approximate surface area is 80.0 Å². The summed E-state index contributed by atoms with van der Waals surface area (Å²) < 4.78 is 2.12. The zero-order chi connectivity index (χ0) is 9.68. The van der Waals surface area contributed by atoms with Crippen molar-refractivity contribution < 1.29 is 0 Å². The molecule has 3 heteroatoms. The van der Waals surface area contributed by atoms with Gasteiger partial charge in [-0.3, -0.25) is 0 Å². The lowest BCUT2D eigenvalue weighted by atomic mass is 10.2. The molecule has 13 heavy (non-hydrogen) atoms. The van der Waals surface area contributed by atoms with E-state index < -0.39 is 0 Å². The molecule has 1 aromatic rings. The Morgan fingerprint density at radius 3 is 3.00 bits per heavy atom. The number of imidazole rings is 1. The summed E-state index contributed by atoms with van der Waals surface area (Å²) >= 11 is 0. The molecule has 0 aromatic carbocycles. The first-order chi connectivity index (χ1) is 6.22. The molecule has 1 rings (SSSR count). The predicted molar refractivity (Wildman–Crippen MR) is 54.5 cm³/mol. The minimum atomic E-state index is 0.275. The van der Waals surface area contributed by atoms with E-state index in [4.69, 9.17) is 5.73 Å². The van der Waals surface area contributed by atoms with Gasteiger partial charge in [-0.2, -0.15) is 0 Å². The molecule has 74 valence electrons. The van der Waals surface area contributed by atoms with Crippen LogP contribution in [0.25, 0.3) is 0 Å². The highest BCUT2D eigenvalue weighted by atomic mass is 15.0. The topological polar surface area (TPSA) is 43.8 Å². The van der Waals surface area contributed by atoms with Crippen LogP contribution in [-0.2, 0) is 13.0 Å². The van der Waals surface area contributed by atoms with Gasteiger partial charge in [0, 0.05) is 18.8 Å². The molecule has 0 fully saturated rings. The molecule has 1 aromatic heterocycles. The second kappa shape index (κ2) is 5.02. The first-order valence-electron chi connectivity index (χ1n) is 4.98. The second-order valence-electron chi connectivity index (χ2n) is 3.62. The molecule has 0 saturated heterocycles. The fraction of sp³-hybridized carbons (Fsp3) is 0.700. The standard InChI is InChI=1S/C10H19N3/c1-3-4-10-7-13(8-12-10)6-5-9(2)11/h7-9H,3-6,11H2,1-2H3. The number of hydrogen-bond acceptors (Lipinski definition) is 2. The van der Waals surface area contributed by atoms with E-state index >= 15 is 0 Å². The number of hydrogen-bond donors (Lipinski definition) is 1. The van der Waals surface area contributed by atoms with Crippen molar-refractivity contribution in [2.24, 2.45) is 5.73 Å². The fourth-order valence-electron chi connectivity index (χ4n) is 1.27. The van der Waals surface area contributed by atoms with Crippen molar-refractivity contribution >= 4 is 0 Å². The third-order valence-corrected chi connectivity index (χ3v) is 2.04. The van der Waals surface area contributed by atoms with Crippen LogP contribution in [0.15, 0.2) is 12.5 Å². The number of aromatic nitrogens is 2. The molecule has 0 radical (unpaired) electrons. The van der Waals surface area contributed by atoms with Gasteiger partial charge in [0.25, 0.3) is 0 Å². The molecule has 0 aliphatic heterocycles. The summed E-state index contributed by atoms with van der Waals surface area (Å²) in [5.74, 6) is 0. The molecule has 2 N–H and O–H groups in total. The average molecular weight is 181 g/mol. The van der Waals surface area contributed by atoms with E-state index in [0.717, 1.165) is 25.8 Å². The third-order valence-electron chi connectivity index (χ3n) is 2.04. The largest absolute Gasteiger partial charge is 0.337 e. The molecule has 0 saturated carbocycles. The van der Waals surface area contributed by atoms with Gasteiger partial charge in [0.1, 0.15) is 0 Å². The number of aryl methyl sites for hydroxylation is 2. The van der Waals surface area contributed by atoms with Crippen LogP contribution in [0.4, 0.5) is 0 Å². The summed E-state index contributed by atoms with van der Waals surface area (Å²) in [4.78, 5) is 4.31. The molecule has 1 heterocycles. The highest BCUT2D eigenvalue weighted by molar-refractivity contribution is 4.96. The molecule has 0 spiro atoms.